The first kappa shape index (κ1) is 14.5. The lowest BCUT2D eigenvalue weighted by molar-refractivity contribution is 0.187. The van der Waals surface area contributed by atoms with E-state index in [0.29, 0.717) is 12.2 Å². The van der Waals surface area contributed by atoms with Crippen LogP contribution in [-0.4, -0.2) is 28.2 Å². The van der Waals surface area contributed by atoms with Gasteiger partial charge in [-0.1, -0.05) is 6.92 Å². The van der Waals surface area contributed by atoms with Crippen LogP contribution in [0, 0.1) is 0 Å². The number of hydrogen-bond acceptors (Lipinski definition) is 4. The van der Waals surface area contributed by atoms with Crippen LogP contribution in [0.3, 0.4) is 0 Å². The van der Waals surface area contributed by atoms with E-state index in [-0.39, 0.29) is 4.90 Å². The molecule has 0 radical (unpaired) electrons. The van der Waals surface area contributed by atoms with Crippen molar-refractivity contribution in [3.63, 3.8) is 0 Å². The van der Waals surface area contributed by atoms with Crippen LogP contribution in [0.15, 0.2) is 29.2 Å². The third-order valence-electron chi connectivity index (χ3n) is 2.14. The van der Waals surface area contributed by atoms with E-state index in [0.717, 1.165) is 6.42 Å². The molecule has 1 amide bonds. The van der Waals surface area contributed by atoms with Gasteiger partial charge in [0.05, 0.1) is 12.0 Å². The minimum atomic E-state index is -3.47. The molecule has 0 aliphatic rings. The lowest BCUT2D eigenvalue weighted by atomic mass is 10.3. The van der Waals surface area contributed by atoms with Gasteiger partial charge in [0.15, 0.2) is 0 Å². The van der Waals surface area contributed by atoms with Crippen molar-refractivity contribution in [2.45, 2.75) is 18.2 Å². The molecule has 0 fully saturated rings. The number of rotatable bonds is 5. The minimum Gasteiger partial charge on any atom is -0.453 e. The fraction of sp³-hybridized carbons (Fsp3) is 0.364. The third kappa shape index (κ3) is 4.01. The maximum absolute atomic E-state index is 11.8. The molecule has 6 nitrogen and oxygen atoms in total. The summed E-state index contributed by atoms with van der Waals surface area (Å²) >= 11 is 0. The van der Waals surface area contributed by atoms with Crippen molar-refractivity contribution in [3.8, 4) is 0 Å². The highest BCUT2D eigenvalue weighted by molar-refractivity contribution is 7.89. The molecule has 0 bridgehead atoms. The van der Waals surface area contributed by atoms with Crippen LogP contribution in [0.5, 0.6) is 0 Å². The van der Waals surface area contributed by atoms with Crippen LogP contribution in [0.1, 0.15) is 13.3 Å². The Balaban J connectivity index is 2.79. The molecule has 1 rings (SSSR count). The molecule has 1 aromatic carbocycles. The summed E-state index contributed by atoms with van der Waals surface area (Å²) < 4.78 is 30.4. The molecule has 0 atom stereocenters. The average molecular weight is 272 g/mol. The van der Waals surface area contributed by atoms with E-state index in [1.807, 2.05) is 6.92 Å². The summed E-state index contributed by atoms with van der Waals surface area (Å²) in [5.74, 6) is 0. The van der Waals surface area contributed by atoms with Gasteiger partial charge in [-0.15, -0.1) is 0 Å². The Morgan fingerprint density at radius 2 is 1.89 bits per heavy atom. The van der Waals surface area contributed by atoms with Gasteiger partial charge in [-0.2, -0.15) is 0 Å². The zero-order valence-electron chi connectivity index (χ0n) is 10.3. The predicted molar refractivity (Wildman–Crippen MR) is 67.9 cm³/mol. The van der Waals surface area contributed by atoms with Gasteiger partial charge in [-0.25, -0.2) is 17.9 Å². The summed E-state index contributed by atoms with van der Waals surface area (Å²) in [7, 11) is -2.21. The molecule has 2 N–H and O–H groups in total. The highest BCUT2D eigenvalue weighted by Crippen LogP contribution is 2.14. The van der Waals surface area contributed by atoms with E-state index in [1.165, 1.54) is 31.4 Å². The van der Waals surface area contributed by atoms with Crippen molar-refractivity contribution in [2.24, 2.45) is 0 Å². The highest BCUT2D eigenvalue weighted by atomic mass is 32.2. The predicted octanol–water partition coefficient (Wildman–Crippen LogP) is 1.55. The second kappa shape index (κ2) is 6.36. The summed E-state index contributed by atoms with van der Waals surface area (Å²) in [5.41, 5.74) is 0.469. The van der Waals surface area contributed by atoms with Crippen LogP contribution >= 0.6 is 0 Å². The summed E-state index contributed by atoms with van der Waals surface area (Å²) in [5, 5.41) is 2.44. The maximum Gasteiger partial charge on any atom is 0.411 e. The average Bonchev–Trinajstić information content (AvgIpc) is 2.37. The number of ether oxygens (including phenoxy) is 1. The molecular weight excluding hydrogens is 256 g/mol. The number of anilines is 1. The van der Waals surface area contributed by atoms with Gasteiger partial charge in [-0.05, 0) is 30.7 Å². The molecule has 7 heteroatoms. The molecule has 1 aromatic rings. The van der Waals surface area contributed by atoms with Crippen molar-refractivity contribution in [3.05, 3.63) is 24.3 Å². The molecule has 100 valence electrons. The Hall–Kier alpha value is -1.60. The molecule has 0 aliphatic carbocycles. The van der Waals surface area contributed by atoms with Crippen LogP contribution in [-0.2, 0) is 14.8 Å². The van der Waals surface area contributed by atoms with Crippen LogP contribution in [0.25, 0.3) is 0 Å². The van der Waals surface area contributed by atoms with Gasteiger partial charge in [0.25, 0.3) is 0 Å². The molecule has 0 saturated heterocycles. The van der Waals surface area contributed by atoms with E-state index >= 15 is 0 Å². The number of carbonyl (C=O) groups is 1. The van der Waals surface area contributed by atoms with E-state index in [4.69, 9.17) is 0 Å². The molecular formula is C11H16N2O4S. The van der Waals surface area contributed by atoms with Gasteiger partial charge in [-0.3, -0.25) is 5.32 Å². The van der Waals surface area contributed by atoms with E-state index in [9.17, 15) is 13.2 Å². The van der Waals surface area contributed by atoms with E-state index in [1.54, 1.807) is 0 Å². The van der Waals surface area contributed by atoms with Crippen molar-refractivity contribution in [1.29, 1.82) is 0 Å². The third-order valence-corrected chi connectivity index (χ3v) is 3.62. The normalized spacial score (nSPS) is 11.0. The SMILES string of the molecule is CCCNS(=O)(=O)c1ccc(NC(=O)OC)cc1. The lowest BCUT2D eigenvalue weighted by Gasteiger charge is -2.07. The first-order chi connectivity index (χ1) is 8.49. The standard InChI is InChI=1S/C11H16N2O4S/c1-3-8-12-18(15,16)10-6-4-9(5-7-10)13-11(14)17-2/h4-7,12H,3,8H2,1-2H3,(H,13,14). The van der Waals surface area contributed by atoms with Gasteiger partial charge in [0.1, 0.15) is 0 Å². The Kier molecular flexibility index (Phi) is 5.11. The minimum absolute atomic E-state index is 0.159. The molecule has 0 aliphatic heterocycles. The maximum atomic E-state index is 11.8. The second-order valence-electron chi connectivity index (χ2n) is 3.54. The second-order valence-corrected chi connectivity index (χ2v) is 5.31. The van der Waals surface area contributed by atoms with E-state index in [2.05, 4.69) is 14.8 Å². The number of benzene rings is 1. The quantitative estimate of drug-likeness (QED) is 0.851. The first-order valence-corrected chi connectivity index (χ1v) is 6.92. The molecule has 0 aromatic heterocycles. The molecule has 0 heterocycles. The first-order valence-electron chi connectivity index (χ1n) is 5.44. The zero-order valence-corrected chi connectivity index (χ0v) is 11.1. The van der Waals surface area contributed by atoms with Gasteiger partial charge >= 0.3 is 6.09 Å². The number of nitrogens with one attached hydrogen (secondary N) is 2. The number of methoxy groups -OCH3 is 1. The Labute approximate surface area is 106 Å². The van der Waals surface area contributed by atoms with Crippen LogP contribution < -0.4 is 10.0 Å². The molecule has 0 saturated carbocycles. The number of carbonyl (C=O) groups excluding carboxylic acids is 1. The van der Waals surface area contributed by atoms with Gasteiger partial charge < -0.3 is 4.74 Å². The fourth-order valence-electron chi connectivity index (χ4n) is 1.21. The summed E-state index contributed by atoms with van der Waals surface area (Å²) in [6.45, 7) is 2.27. The van der Waals surface area contributed by atoms with E-state index < -0.39 is 16.1 Å². The van der Waals surface area contributed by atoms with Crippen molar-refractivity contribution >= 4 is 21.8 Å². The molecule has 0 unspecified atom stereocenters. The smallest absolute Gasteiger partial charge is 0.411 e. The fourth-order valence-corrected chi connectivity index (χ4v) is 2.34. The topological polar surface area (TPSA) is 84.5 Å². The Morgan fingerprint density at radius 1 is 1.28 bits per heavy atom. The Bertz CT molecular complexity index is 496. The highest BCUT2D eigenvalue weighted by Gasteiger charge is 2.12. The van der Waals surface area contributed by atoms with Crippen molar-refractivity contribution in [1.82, 2.24) is 4.72 Å². The lowest BCUT2D eigenvalue weighted by Crippen LogP contribution is -2.24. The van der Waals surface area contributed by atoms with Crippen LogP contribution in [0.4, 0.5) is 10.5 Å². The Morgan fingerprint density at radius 3 is 2.39 bits per heavy atom. The summed E-state index contributed by atoms with van der Waals surface area (Å²) in [6.07, 6.45) is 0.121. The largest absolute Gasteiger partial charge is 0.453 e. The zero-order chi connectivity index (χ0) is 13.6. The van der Waals surface area contributed by atoms with Gasteiger partial charge in [0, 0.05) is 12.2 Å². The van der Waals surface area contributed by atoms with Crippen molar-refractivity contribution in [2.75, 3.05) is 19.0 Å². The van der Waals surface area contributed by atoms with Gasteiger partial charge in [0.2, 0.25) is 10.0 Å². The van der Waals surface area contributed by atoms with Crippen molar-refractivity contribution < 1.29 is 17.9 Å². The number of sulfonamides is 1. The number of amides is 1. The summed E-state index contributed by atoms with van der Waals surface area (Å²) in [4.78, 5) is 11.1. The van der Waals surface area contributed by atoms with Crippen LogP contribution in [0.2, 0.25) is 0 Å². The molecule has 0 spiro atoms. The monoisotopic (exact) mass is 272 g/mol. The molecule has 18 heavy (non-hydrogen) atoms. The number of hydrogen-bond donors (Lipinski definition) is 2. The summed E-state index contributed by atoms with van der Waals surface area (Å²) in [6, 6.07) is 5.83.